The van der Waals surface area contributed by atoms with Gasteiger partial charge in [-0.05, 0) is 45.8 Å². The lowest BCUT2D eigenvalue weighted by Gasteiger charge is -2.45. The normalized spacial score (nSPS) is 38.1. The number of halogens is 1. The number of ether oxygens (including phenoxy) is 1. The summed E-state index contributed by atoms with van der Waals surface area (Å²) in [5.74, 6) is 1.34. The van der Waals surface area contributed by atoms with Crippen molar-refractivity contribution in [1.82, 2.24) is 10.2 Å². The van der Waals surface area contributed by atoms with E-state index < -0.39 is 0 Å². The van der Waals surface area contributed by atoms with Gasteiger partial charge in [-0.25, -0.2) is 0 Å². The Morgan fingerprint density at radius 3 is 2.44 bits per heavy atom. The van der Waals surface area contributed by atoms with Gasteiger partial charge in [-0.2, -0.15) is 0 Å². The molecule has 2 atom stereocenters. The highest BCUT2D eigenvalue weighted by Gasteiger charge is 2.39. The molecule has 16 heavy (non-hydrogen) atoms. The second kappa shape index (κ2) is 5.67. The van der Waals surface area contributed by atoms with Crippen LogP contribution in [0.3, 0.4) is 0 Å². The number of hydrogen-bond donors (Lipinski definition) is 1. The average Bonchev–Trinajstić information content (AvgIpc) is 2.24. The second-order valence-corrected chi connectivity index (χ2v) is 5.48. The molecule has 2 heterocycles. The third-order valence-corrected chi connectivity index (χ3v) is 3.97. The van der Waals surface area contributed by atoms with Gasteiger partial charge in [0.15, 0.2) is 0 Å². The van der Waals surface area contributed by atoms with Crippen molar-refractivity contribution in [1.29, 1.82) is 0 Å². The number of piperidine rings is 1. The highest BCUT2D eigenvalue weighted by molar-refractivity contribution is 5.85. The zero-order chi connectivity index (χ0) is 10.9. The molecule has 0 bridgehead atoms. The lowest BCUT2D eigenvalue weighted by molar-refractivity contribution is -0.145. The average molecular weight is 249 g/mol. The van der Waals surface area contributed by atoms with E-state index in [0.29, 0.717) is 11.8 Å². The first-order valence-electron chi connectivity index (χ1n) is 6.18. The van der Waals surface area contributed by atoms with Gasteiger partial charge in [-0.15, -0.1) is 12.4 Å². The Labute approximate surface area is 105 Å². The monoisotopic (exact) mass is 248 g/mol. The van der Waals surface area contributed by atoms with Crippen LogP contribution in [-0.4, -0.2) is 43.9 Å². The van der Waals surface area contributed by atoms with Crippen molar-refractivity contribution < 1.29 is 4.74 Å². The van der Waals surface area contributed by atoms with Crippen LogP contribution >= 0.6 is 12.4 Å². The highest BCUT2D eigenvalue weighted by Crippen LogP contribution is 2.31. The smallest absolute Gasteiger partial charge is 0.119 e. The van der Waals surface area contributed by atoms with Crippen molar-refractivity contribution in [3.63, 3.8) is 0 Å². The van der Waals surface area contributed by atoms with Crippen LogP contribution < -0.4 is 5.32 Å². The van der Waals surface area contributed by atoms with Crippen LogP contribution in [0.15, 0.2) is 0 Å². The maximum Gasteiger partial charge on any atom is 0.119 e. The summed E-state index contributed by atoms with van der Waals surface area (Å²) < 4.78 is 6.02. The fourth-order valence-corrected chi connectivity index (χ4v) is 2.62. The van der Waals surface area contributed by atoms with Gasteiger partial charge in [-0.3, -0.25) is 5.32 Å². The van der Waals surface area contributed by atoms with Gasteiger partial charge < -0.3 is 9.64 Å². The maximum atomic E-state index is 6.02. The molecule has 2 fully saturated rings. The summed E-state index contributed by atoms with van der Waals surface area (Å²) in [6.07, 6.45) is 2.52. The number of nitrogens with one attached hydrogen (secondary N) is 1. The quantitative estimate of drug-likeness (QED) is 0.765. The van der Waals surface area contributed by atoms with E-state index in [1.165, 1.54) is 25.9 Å². The van der Waals surface area contributed by atoms with Gasteiger partial charge in [0.25, 0.3) is 0 Å². The lowest BCUT2D eigenvalue weighted by Crippen LogP contribution is -2.58. The number of hydrogen-bond acceptors (Lipinski definition) is 3. The van der Waals surface area contributed by atoms with Gasteiger partial charge in [-0.1, -0.05) is 6.92 Å². The number of likely N-dealkylation sites (tertiary alicyclic amines) is 1. The summed E-state index contributed by atoms with van der Waals surface area (Å²) >= 11 is 0. The number of rotatable bonds is 1. The Hall–Kier alpha value is 0.170. The molecule has 2 saturated heterocycles. The van der Waals surface area contributed by atoms with Crippen LogP contribution in [0.1, 0.15) is 26.7 Å². The van der Waals surface area contributed by atoms with Gasteiger partial charge >= 0.3 is 0 Å². The van der Waals surface area contributed by atoms with E-state index in [4.69, 9.17) is 4.74 Å². The minimum absolute atomic E-state index is 0. The van der Waals surface area contributed by atoms with Crippen molar-refractivity contribution in [2.45, 2.75) is 32.4 Å². The topological polar surface area (TPSA) is 24.5 Å². The Morgan fingerprint density at radius 1 is 1.31 bits per heavy atom. The van der Waals surface area contributed by atoms with E-state index in [1.807, 2.05) is 0 Å². The second-order valence-electron chi connectivity index (χ2n) is 5.48. The molecule has 0 amide bonds. The predicted octanol–water partition coefficient (Wildman–Crippen LogP) is 1.72. The largest absolute Gasteiger partial charge is 0.360 e. The van der Waals surface area contributed by atoms with Gasteiger partial charge in [0.1, 0.15) is 5.72 Å². The molecule has 96 valence electrons. The molecule has 0 saturated carbocycles. The molecule has 1 N–H and O–H groups in total. The summed E-state index contributed by atoms with van der Waals surface area (Å²) in [5.41, 5.74) is -0.0617. The van der Waals surface area contributed by atoms with Gasteiger partial charge in [0, 0.05) is 12.5 Å². The third kappa shape index (κ3) is 3.10. The number of nitrogens with zero attached hydrogens (tertiary/aromatic N) is 1. The molecule has 0 aliphatic carbocycles. The van der Waals surface area contributed by atoms with Crippen LogP contribution in [0.2, 0.25) is 0 Å². The zero-order valence-electron chi connectivity index (χ0n) is 10.7. The fraction of sp³-hybridized carbons (Fsp3) is 1.00. The summed E-state index contributed by atoms with van der Waals surface area (Å²) in [6.45, 7) is 8.90. The van der Waals surface area contributed by atoms with Gasteiger partial charge in [0.2, 0.25) is 0 Å². The van der Waals surface area contributed by atoms with Crippen molar-refractivity contribution in [3.8, 4) is 0 Å². The maximum absolute atomic E-state index is 6.02. The van der Waals surface area contributed by atoms with Crippen LogP contribution in [0.5, 0.6) is 0 Å². The van der Waals surface area contributed by atoms with Crippen molar-refractivity contribution in [2.75, 3.05) is 33.3 Å². The summed E-state index contributed by atoms with van der Waals surface area (Å²) in [5, 5.41) is 3.59. The first kappa shape index (κ1) is 14.2. The van der Waals surface area contributed by atoms with Crippen LogP contribution in [0.25, 0.3) is 0 Å². The molecular weight excluding hydrogens is 224 g/mol. The first-order chi connectivity index (χ1) is 7.10. The lowest BCUT2D eigenvalue weighted by atomic mass is 9.86. The van der Waals surface area contributed by atoms with Crippen LogP contribution in [-0.2, 0) is 4.74 Å². The summed E-state index contributed by atoms with van der Waals surface area (Å²) in [7, 11) is 2.20. The SMILES string of the molecule is CC1CNC(C)(C2CCN(C)CC2)OC1.Cl. The molecule has 0 aromatic heterocycles. The molecule has 2 unspecified atom stereocenters. The molecule has 2 rings (SSSR count). The Morgan fingerprint density at radius 2 is 1.94 bits per heavy atom. The Bertz CT molecular complexity index is 209. The van der Waals surface area contributed by atoms with Crippen molar-refractivity contribution >= 4 is 12.4 Å². The van der Waals surface area contributed by atoms with E-state index in [-0.39, 0.29) is 18.1 Å². The van der Waals surface area contributed by atoms with Crippen LogP contribution in [0, 0.1) is 11.8 Å². The van der Waals surface area contributed by atoms with E-state index in [0.717, 1.165) is 13.2 Å². The molecule has 3 nitrogen and oxygen atoms in total. The van der Waals surface area contributed by atoms with Crippen LogP contribution in [0.4, 0.5) is 0 Å². The van der Waals surface area contributed by atoms with Crippen molar-refractivity contribution in [3.05, 3.63) is 0 Å². The Kier molecular flexibility index (Phi) is 5.05. The summed E-state index contributed by atoms with van der Waals surface area (Å²) in [6, 6.07) is 0. The van der Waals surface area contributed by atoms with Gasteiger partial charge in [0.05, 0.1) is 6.61 Å². The predicted molar refractivity (Wildman–Crippen MR) is 69.0 cm³/mol. The van der Waals surface area contributed by atoms with E-state index in [1.54, 1.807) is 0 Å². The van der Waals surface area contributed by atoms with Crippen molar-refractivity contribution in [2.24, 2.45) is 11.8 Å². The minimum Gasteiger partial charge on any atom is -0.360 e. The first-order valence-corrected chi connectivity index (χ1v) is 6.18. The molecule has 4 heteroatoms. The van der Waals surface area contributed by atoms with E-state index in [2.05, 4.69) is 31.1 Å². The van der Waals surface area contributed by atoms with E-state index >= 15 is 0 Å². The molecule has 0 radical (unpaired) electrons. The molecule has 2 aliphatic rings. The Balaban J connectivity index is 0.00000128. The van der Waals surface area contributed by atoms with E-state index in [9.17, 15) is 0 Å². The molecular formula is C12H25ClN2O. The molecule has 2 aliphatic heterocycles. The zero-order valence-corrected chi connectivity index (χ0v) is 11.5. The molecule has 0 aromatic carbocycles. The standard InChI is InChI=1S/C12H24N2O.ClH/c1-10-8-13-12(2,15-9-10)11-4-6-14(3)7-5-11;/h10-11,13H,4-9H2,1-3H3;1H. The molecule has 0 spiro atoms. The molecule has 0 aromatic rings. The fourth-order valence-electron chi connectivity index (χ4n) is 2.62. The third-order valence-electron chi connectivity index (χ3n) is 3.97. The minimum atomic E-state index is -0.0617. The summed E-state index contributed by atoms with van der Waals surface area (Å²) in [4.78, 5) is 2.41. The highest BCUT2D eigenvalue weighted by atomic mass is 35.5.